The number of thiophene rings is 1. The third-order valence-corrected chi connectivity index (χ3v) is 5.36. The Hall–Kier alpha value is -2.57. The fourth-order valence-electron chi connectivity index (χ4n) is 2.34. The van der Waals surface area contributed by atoms with Crippen LogP contribution in [0.25, 0.3) is 10.1 Å². The third kappa shape index (κ3) is 4.15. The van der Waals surface area contributed by atoms with Gasteiger partial charge in [0, 0.05) is 16.6 Å². The maximum Gasteiger partial charge on any atom is 0.350 e. The SMILES string of the molecule is COc1ccc(CNC(=O)COC(=O)c2sc3ccccc3c2Cl)cc1. The summed E-state index contributed by atoms with van der Waals surface area (Å²) < 4.78 is 11.1. The van der Waals surface area contributed by atoms with E-state index in [1.807, 2.05) is 48.5 Å². The van der Waals surface area contributed by atoms with Gasteiger partial charge in [-0.05, 0) is 23.8 Å². The van der Waals surface area contributed by atoms with E-state index in [9.17, 15) is 9.59 Å². The Bertz CT molecular complexity index is 936. The highest BCUT2D eigenvalue weighted by atomic mass is 35.5. The molecule has 1 N–H and O–H groups in total. The Balaban J connectivity index is 1.53. The molecule has 0 saturated heterocycles. The minimum atomic E-state index is -0.601. The van der Waals surface area contributed by atoms with E-state index in [4.69, 9.17) is 21.1 Å². The Morgan fingerprint density at radius 3 is 2.54 bits per heavy atom. The molecule has 7 heteroatoms. The second-order valence-corrected chi connectivity index (χ2v) is 6.87. The van der Waals surface area contributed by atoms with E-state index in [1.54, 1.807) is 7.11 Å². The van der Waals surface area contributed by atoms with Crippen molar-refractivity contribution in [1.82, 2.24) is 5.32 Å². The van der Waals surface area contributed by atoms with E-state index < -0.39 is 5.97 Å². The van der Waals surface area contributed by atoms with Gasteiger partial charge in [-0.25, -0.2) is 4.79 Å². The van der Waals surface area contributed by atoms with Crippen molar-refractivity contribution in [3.63, 3.8) is 0 Å². The van der Waals surface area contributed by atoms with E-state index in [0.717, 1.165) is 21.4 Å². The summed E-state index contributed by atoms with van der Waals surface area (Å²) in [7, 11) is 1.59. The predicted octanol–water partition coefficient (Wildman–Crippen LogP) is 4.04. The van der Waals surface area contributed by atoms with Crippen LogP contribution < -0.4 is 10.1 Å². The molecule has 0 aliphatic rings. The van der Waals surface area contributed by atoms with E-state index in [2.05, 4.69) is 5.32 Å². The van der Waals surface area contributed by atoms with Crippen LogP contribution in [0.1, 0.15) is 15.2 Å². The molecule has 5 nitrogen and oxygen atoms in total. The van der Waals surface area contributed by atoms with Gasteiger partial charge < -0.3 is 14.8 Å². The van der Waals surface area contributed by atoms with Crippen LogP contribution in [0.2, 0.25) is 5.02 Å². The number of carbonyl (C=O) groups is 2. The maximum absolute atomic E-state index is 12.2. The number of nitrogens with one attached hydrogen (secondary N) is 1. The van der Waals surface area contributed by atoms with Gasteiger partial charge in [-0.2, -0.15) is 0 Å². The molecule has 1 aromatic heterocycles. The van der Waals surface area contributed by atoms with Crippen LogP contribution in [-0.4, -0.2) is 25.6 Å². The maximum atomic E-state index is 12.2. The zero-order chi connectivity index (χ0) is 18.5. The van der Waals surface area contributed by atoms with Gasteiger partial charge in [0.05, 0.1) is 12.1 Å². The number of halogens is 1. The van der Waals surface area contributed by atoms with Crippen molar-refractivity contribution in [2.45, 2.75) is 6.54 Å². The number of methoxy groups -OCH3 is 1. The number of carbonyl (C=O) groups excluding carboxylic acids is 2. The van der Waals surface area contributed by atoms with Gasteiger partial charge in [-0.1, -0.05) is 41.9 Å². The number of fused-ring (bicyclic) bond motifs is 1. The Morgan fingerprint density at radius 2 is 1.85 bits per heavy atom. The van der Waals surface area contributed by atoms with Crippen molar-refractivity contribution in [2.24, 2.45) is 0 Å². The number of rotatable bonds is 6. The van der Waals surface area contributed by atoms with Gasteiger partial charge in [-0.3, -0.25) is 4.79 Å². The summed E-state index contributed by atoms with van der Waals surface area (Å²) in [5.74, 6) is -0.239. The molecule has 2 aromatic carbocycles. The average Bonchev–Trinajstić information content (AvgIpc) is 3.02. The lowest BCUT2D eigenvalue weighted by Gasteiger charge is -2.07. The molecule has 0 fully saturated rings. The molecule has 0 aliphatic carbocycles. The molecule has 0 aliphatic heterocycles. The summed E-state index contributed by atoms with van der Waals surface area (Å²) in [6.45, 7) is -0.0242. The smallest absolute Gasteiger partial charge is 0.350 e. The second kappa shape index (κ2) is 8.21. The topological polar surface area (TPSA) is 64.6 Å². The van der Waals surface area contributed by atoms with Crippen molar-refractivity contribution in [3.8, 4) is 5.75 Å². The summed E-state index contributed by atoms with van der Waals surface area (Å²) >= 11 is 7.48. The summed E-state index contributed by atoms with van der Waals surface area (Å²) in [5.41, 5.74) is 0.915. The molecule has 0 atom stereocenters. The van der Waals surface area contributed by atoms with Crippen LogP contribution in [0, 0.1) is 0 Å². The monoisotopic (exact) mass is 389 g/mol. The van der Waals surface area contributed by atoms with Gasteiger partial charge in [0.1, 0.15) is 10.6 Å². The zero-order valence-corrected chi connectivity index (χ0v) is 15.5. The van der Waals surface area contributed by atoms with Gasteiger partial charge in [0.15, 0.2) is 6.61 Å². The molecule has 0 bridgehead atoms. The molecule has 134 valence electrons. The Morgan fingerprint density at radius 1 is 1.12 bits per heavy atom. The lowest BCUT2D eigenvalue weighted by atomic mass is 10.2. The highest BCUT2D eigenvalue weighted by Gasteiger charge is 2.19. The van der Waals surface area contributed by atoms with Crippen molar-refractivity contribution in [1.29, 1.82) is 0 Å². The van der Waals surface area contributed by atoms with Gasteiger partial charge in [-0.15, -0.1) is 11.3 Å². The van der Waals surface area contributed by atoms with Crippen LogP contribution in [0.15, 0.2) is 48.5 Å². The Kier molecular flexibility index (Phi) is 5.75. The molecule has 1 amide bonds. The molecule has 0 unspecified atom stereocenters. The second-order valence-electron chi connectivity index (χ2n) is 5.44. The average molecular weight is 390 g/mol. The van der Waals surface area contributed by atoms with Gasteiger partial charge in [0.25, 0.3) is 5.91 Å². The van der Waals surface area contributed by atoms with Crippen LogP contribution in [0.3, 0.4) is 0 Å². The normalized spacial score (nSPS) is 10.5. The van der Waals surface area contributed by atoms with Crippen LogP contribution in [0.4, 0.5) is 0 Å². The molecule has 0 spiro atoms. The molecule has 1 heterocycles. The van der Waals surface area contributed by atoms with E-state index >= 15 is 0 Å². The lowest BCUT2D eigenvalue weighted by Crippen LogP contribution is -2.28. The van der Waals surface area contributed by atoms with Crippen LogP contribution in [-0.2, 0) is 16.1 Å². The lowest BCUT2D eigenvalue weighted by molar-refractivity contribution is -0.124. The molecule has 3 rings (SSSR count). The Labute approximate surface area is 159 Å². The fraction of sp³-hybridized carbons (Fsp3) is 0.158. The molecule has 3 aromatic rings. The van der Waals surface area contributed by atoms with Crippen molar-refractivity contribution in [3.05, 3.63) is 64.0 Å². The fourth-order valence-corrected chi connectivity index (χ4v) is 3.74. The van der Waals surface area contributed by atoms with E-state index in [1.165, 1.54) is 11.3 Å². The molecular formula is C19H16ClNO4S. The van der Waals surface area contributed by atoms with Crippen molar-refractivity contribution >= 4 is 44.9 Å². The molecule has 0 saturated carbocycles. The summed E-state index contributed by atoms with van der Waals surface area (Å²) in [4.78, 5) is 24.4. The minimum absolute atomic E-state index is 0.302. The largest absolute Gasteiger partial charge is 0.497 e. The molecule has 0 radical (unpaired) electrons. The summed E-state index contributed by atoms with van der Waals surface area (Å²) in [6, 6.07) is 14.8. The van der Waals surface area contributed by atoms with Crippen molar-refractivity contribution in [2.75, 3.05) is 13.7 Å². The van der Waals surface area contributed by atoms with Gasteiger partial charge in [0.2, 0.25) is 0 Å². The first-order valence-corrected chi connectivity index (χ1v) is 9.01. The first kappa shape index (κ1) is 18.2. The highest BCUT2D eigenvalue weighted by molar-refractivity contribution is 7.21. The first-order chi connectivity index (χ1) is 12.6. The number of hydrogen-bond acceptors (Lipinski definition) is 5. The number of ether oxygens (including phenoxy) is 2. The number of amides is 1. The van der Waals surface area contributed by atoms with E-state index in [0.29, 0.717) is 16.4 Å². The van der Waals surface area contributed by atoms with Crippen LogP contribution >= 0.6 is 22.9 Å². The predicted molar refractivity (Wildman–Crippen MR) is 102 cm³/mol. The number of benzene rings is 2. The van der Waals surface area contributed by atoms with Gasteiger partial charge >= 0.3 is 5.97 Å². The molecule has 26 heavy (non-hydrogen) atoms. The van der Waals surface area contributed by atoms with Crippen molar-refractivity contribution < 1.29 is 19.1 Å². The van der Waals surface area contributed by atoms with Crippen LogP contribution in [0.5, 0.6) is 5.75 Å². The van der Waals surface area contributed by atoms with E-state index in [-0.39, 0.29) is 12.5 Å². The minimum Gasteiger partial charge on any atom is -0.497 e. The first-order valence-electron chi connectivity index (χ1n) is 7.82. The zero-order valence-electron chi connectivity index (χ0n) is 14.0. The molecular weight excluding hydrogens is 374 g/mol. The number of hydrogen-bond donors (Lipinski definition) is 1. The summed E-state index contributed by atoms with van der Waals surface area (Å²) in [6.07, 6.45) is 0. The highest BCUT2D eigenvalue weighted by Crippen LogP contribution is 2.35. The quantitative estimate of drug-likeness (QED) is 0.646. The summed E-state index contributed by atoms with van der Waals surface area (Å²) in [5, 5.41) is 3.85. The third-order valence-electron chi connectivity index (χ3n) is 3.70. The standard InChI is InChI=1S/C19H16ClNO4S/c1-24-13-8-6-12(7-9-13)10-21-16(22)11-25-19(23)18-17(20)14-4-2-3-5-15(14)26-18/h2-9H,10-11H2,1H3,(H,21,22). The number of esters is 1.